The van der Waals surface area contributed by atoms with Crippen molar-refractivity contribution in [3.63, 3.8) is 0 Å². The van der Waals surface area contributed by atoms with E-state index in [1.807, 2.05) is 31.2 Å². The van der Waals surface area contributed by atoms with Gasteiger partial charge >= 0.3 is 0 Å². The second kappa shape index (κ2) is 6.38. The van der Waals surface area contributed by atoms with E-state index in [0.717, 1.165) is 11.1 Å². The third kappa shape index (κ3) is 4.10. The van der Waals surface area contributed by atoms with Crippen LogP contribution in [0.25, 0.3) is 11.5 Å². The van der Waals surface area contributed by atoms with Crippen molar-refractivity contribution >= 4 is 17.7 Å². The molecule has 1 amide bonds. The Labute approximate surface area is 115 Å². The van der Waals surface area contributed by atoms with Gasteiger partial charge in [0.1, 0.15) is 0 Å². The average molecular weight is 277 g/mol. The molecular formula is C13H15N3O2S. The second-order valence-corrected chi connectivity index (χ2v) is 5.12. The van der Waals surface area contributed by atoms with E-state index in [0.29, 0.717) is 23.4 Å². The molecule has 0 radical (unpaired) electrons. The summed E-state index contributed by atoms with van der Waals surface area (Å²) in [5.41, 5.74) is 2.07. The zero-order chi connectivity index (χ0) is 13.7. The lowest BCUT2D eigenvalue weighted by Crippen LogP contribution is -2.22. The van der Waals surface area contributed by atoms with Crippen molar-refractivity contribution in [3.05, 3.63) is 29.8 Å². The van der Waals surface area contributed by atoms with Crippen LogP contribution in [0.15, 0.2) is 33.9 Å². The normalized spacial score (nSPS) is 10.4. The van der Waals surface area contributed by atoms with Crippen molar-refractivity contribution in [1.82, 2.24) is 15.5 Å². The summed E-state index contributed by atoms with van der Waals surface area (Å²) >= 11 is 1.43. The number of thioether (sulfide) groups is 1. The van der Waals surface area contributed by atoms with E-state index in [1.165, 1.54) is 18.7 Å². The summed E-state index contributed by atoms with van der Waals surface area (Å²) < 4.78 is 5.56. The van der Waals surface area contributed by atoms with Crippen molar-refractivity contribution in [2.24, 2.45) is 0 Å². The maximum atomic E-state index is 10.7. The summed E-state index contributed by atoms with van der Waals surface area (Å²) in [5, 5.41) is 11.2. The monoisotopic (exact) mass is 277 g/mol. The minimum absolute atomic E-state index is 0.0356. The summed E-state index contributed by atoms with van der Waals surface area (Å²) in [5.74, 6) is 1.19. The molecule has 1 aromatic heterocycles. The first-order valence-corrected chi connectivity index (χ1v) is 6.91. The molecule has 2 rings (SSSR count). The second-order valence-electron chi connectivity index (χ2n) is 4.07. The van der Waals surface area contributed by atoms with E-state index < -0.39 is 0 Å². The topological polar surface area (TPSA) is 68.0 Å². The molecule has 0 aliphatic heterocycles. The Bertz CT molecular complexity index is 569. The van der Waals surface area contributed by atoms with Gasteiger partial charge in [-0.05, 0) is 19.1 Å². The fraction of sp³-hybridized carbons (Fsp3) is 0.308. The Morgan fingerprint density at radius 2 is 2.26 bits per heavy atom. The molecule has 0 aliphatic rings. The number of carbonyl (C=O) groups excluding carboxylic acids is 1. The molecule has 1 N–H and O–H groups in total. The largest absolute Gasteiger partial charge is 0.411 e. The number of aromatic nitrogens is 2. The molecule has 0 atom stereocenters. The Morgan fingerprint density at radius 1 is 1.42 bits per heavy atom. The maximum Gasteiger partial charge on any atom is 0.276 e. The van der Waals surface area contributed by atoms with E-state index in [2.05, 4.69) is 15.5 Å². The number of benzene rings is 1. The van der Waals surface area contributed by atoms with E-state index in [1.54, 1.807) is 0 Å². The molecule has 0 bridgehead atoms. The molecular weight excluding hydrogens is 262 g/mol. The van der Waals surface area contributed by atoms with E-state index >= 15 is 0 Å². The van der Waals surface area contributed by atoms with Gasteiger partial charge in [-0.25, -0.2) is 0 Å². The van der Waals surface area contributed by atoms with E-state index in [9.17, 15) is 4.79 Å². The van der Waals surface area contributed by atoms with Gasteiger partial charge in [-0.3, -0.25) is 4.79 Å². The fourth-order valence-electron chi connectivity index (χ4n) is 1.53. The quantitative estimate of drug-likeness (QED) is 0.670. The van der Waals surface area contributed by atoms with Crippen molar-refractivity contribution in [1.29, 1.82) is 0 Å². The van der Waals surface area contributed by atoms with Crippen molar-refractivity contribution in [2.75, 3.05) is 12.3 Å². The summed E-state index contributed by atoms with van der Waals surface area (Å²) in [6, 6.07) is 7.91. The molecule has 0 aliphatic carbocycles. The maximum absolute atomic E-state index is 10.7. The SMILES string of the molecule is CC(=O)NCCSc1nnc(-c2cccc(C)c2)o1. The van der Waals surface area contributed by atoms with Gasteiger partial charge in [-0.15, -0.1) is 10.2 Å². The summed E-state index contributed by atoms with van der Waals surface area (Å²) in [6.45, 7) is 4.10. The highest BCUT2D eigenvalue weighted by atomic mass is 32.2. The Morgan fingerprint density at radius 3 is 3.00 bits per heavy atom. The van der Waals surface area contributed by atoms with E-state index in [-0.39, 0.29) is 5.91 Å². The zero-order valence-electron chi connectivity index (χ0n) is 10.8. The number of rotatable bonds is 5. The minimum Gasteiger partial charge on any atom is -0.411 e. The molecule has 0 spiro atoms. The molecule has 0 fully saturated rings. The smallest absolute Gasteiger partial charge is 0.276 e. The number of hydrogen-bond donors (Lipinski definition) is 1. The number of nitrogens with zero attached hydrogens (tertiary/aromatic N) is 2. The van der Waals surface area contributed by atoms with Gasteiger partial charge in [0.05, 0.1) is 0 Å². The lowest BCUT2D eigenvalue weighted by atomic mass is 10.1. The van der Waals surface area contributed by atoms with Crippen LogP contribution in [0, 0.1) is 6.92 Å². The van der Waals surface area contributed by atoms with Crippen LogP contribution in [-0.4, -0.2) is 28.4 Å². The highest BCUT2D eigenvalue weighted by Crippen LogP contribution is 2.23. The van der Waals surface area contributed by atoms with Gasteiger partial charge in [0, 0.05) is 24.8 Å². The van der Waals surface area contributed by atoms with Gasteiger partial charge < -0.3 is 9.73 Å². The predicted octanol–water partition coefficient (Wildman–Crippen LogP) is 2.27. The van der Waals surface area contributed by atoms with Crippen molar-refractivity contribution in [3.8, 4) is 11.5 Å². The van der Waals surface area contributed by atoms with Gasteiger partial charge in [0.25, 0.3) is 5.22 Å². The van der Waals surface area contributed by atoms with Crippen LogP contribution in [0.2, 0.25) is 0 Å². The standard InChI is InChI=1S/C13H15N3O2S/c1-9-4-3-5-11(8-9)12-15-16-13(18-12)19-7-6-14-10(2)17/h3-5,8H,6-7H2,1-2H3,(H,14,17). The molecule has 19 heavy (non-hydrogen) atoms. The zero-order valence-corrected chi connectivity index (χ0v) is 11.7. The van der Waals surface area contributed by atoms with Crippen LogP contribution in [0.3, 0.4) is 0 Å². The van der Waals surface area contributed by atoms with Gasteiger partial charge in [0.15, 0.2) is 0 Å². The molecule has 6 heteroatoms. The lowest BCUT2D eigenvalue weighted by molar-refractivity contribution is -0.118. The molecule has 1 aromatic carbocycles. The number of hydrogen-bond acceptors (Lipinski definition) is 5. The molecule has 1 heterocycles. The first-order chi connectivity index (χ1) is 9.15. The molecule has 100 valence electrons. The van der Waals surface area contributed by atoms with Crippen LogP contribution in [0.5, 0.6) is 0 Å². The Kier molecular flexibility index (Phi) is 4.57. The average Bonchev–Trinajstić information content (AvgIpc) is 2.83. The molecule has 0 saturated heterocycles. The summed E-state index contributed by atoms with van der Waals surface area (Å²) in [6.07, 6.45) is 0. The third-order valence-corrected chi connectivity index (χ3v) is 3.19. The highest BCUT2D eigenvalue weighted by molar-refractivity contribution is 7.99. The highest BCUT2D eigenvalue weighted by Gasteiger charge is 2.08. The van der Waals surface area contributed by atoms with Crippen LogP contribution >= 0.6 is 11.8 Å². The van der Waals surface area contributed by atoms with Crippen molar-refractivity contribution in [2.45, 2.75) is 19.1 Å². The molecule has 5 nitrogen and oxygen atoms in total. The first-order valence-electron chi connectivity index (χ1n) is 5.93. The molecule has 0 unspecified atom stereocenters. The number of carbonyl (C=O) groups is 1. The summed E-state index contributed by atoms with van der Waals surface area (Å²) in [4.78, 5) is 10.7. The van der Waals surface area contributed by atoms with Gasteiger partial charge in [-0.1, -0.05) is 29.5 Å². The first kappa shape index (κ1) is 13.6. The Hall–Kier alpha value is -1.82. The number of amides is 1. The Balaban J connectivity index is 1.94. The van der Waals surface area contributed by atoms with Crippen LogP contribution in [0.4, 0.5) is 0 Å². The van der Waals surface area contributed by atoms with Gasteiger partial charge in [0.2, 0.25) is 11.8 Å². The summed E-state index contributed by atoms with van der Waals surface area (Å²) in [7, 11) is 0. The third-order valence-electron chi connectivity index (χ3n) is 2.37. The van der Waals surface area contributed by atoms with Crippen LogP contribution in [-0.2, 0) is 4.79 Å². The van der Waals surface area contributed by atoms with Crippen LogP contribution in [0.1, 0.15) is 12.5 Å². The minimum atomic E-state index is -0.0356. The fourth-order valence-corrected chi connectivity index (χ4v) is 2.14. The molecule has 0 saturated carbocycles. The van der Waals surface area contributed by atoms with Gasteiger partial charge in [-0.2, -0.15) is 0 Å². The van der Waals surface area contributed by atoms with E-state index in [4.69, 9.17) is 4.42 Å². The number of nitrogens with one attached hydrogen (secondary N) is 1. The van der Waals surface area contributed by atoms with Crippen molar-refractivity contribution < 1.29 is 9.21 Å². The molecule has 2 aromatic rings. The lowest BCUT2D eigenvalue weighted by Gasteiger charge is -1.98. The predicted molar refractivity (Wildman–Crippen MR) is 73.9 cm³/mol. The number of aryl methyl sites for hydroxylation is 1. The van der Waals surface area contributed by atoms with Crippen LogP contribution < -0.4 is 5.32 Å².